The fourth-order valence-corrected chi connectivity index (χ4v) is 3.08. The summed E-state index contributed by atoms with van der Waals surface area (Å²) in [4.78, 5) is 13.9. The Labute approximate surface area is 137 Å². The summed E-state index contributed by atoms with van der Waals surface area (Å²) in [6.45, 7) is 1.93. The molecule has 23 heavy (non-hydrogen) atoms. The third kappa shape index (κ3) is 4.50. The highest BCUT2D eigenvalue weighted by Crippen LogP contribution is 2.19. The molecule has 0 saturated carbocycles. The summed E-state index contributed by atoms with van der Waals surface area (Å²) in [6.07, 6.45) is 1.51. The molecule has 118 valence electrons. The molecule has 1 heterocycles. The van der Waals surface area contributed by atoms with Crippen LogP contribution >= 0.6 is 11.3 Å². The van der Waals surface area contributed by atoms with Crippen molar-refractivity contribution in [2.75, 3.05) is 5.32 Å². The van der Waals surface area contributed by atoms with Crippen molar-refractivity contribution in [3.05, 3.63) is 51.7 Å². The van der Waals surface area contributed by atoms with E-state index in [9.17, 15) is 13.2 Å². The number of nitriles is 1. The van der Waals surface area contributed by atoms with Gasteiger partial charge in [-0.2, -0.15) is 5.26 Å². The highest BCUT2D eigenvalue weighted by atomic mass is 32.2. The van der Waals surface area contributed by atoms with Crippen LogP contribution in [-0.2, 0) is 14.8 Å². The summed E-state index contributed by atoms with van der Waals surface area (Å²) in [5.41, 5.74) is 0.327. The summed E-state index contributed by atoms with van der Waals surface area (Å²) < 4.78 is 22.3. The van der Waals surface area contributed by atoms with E-state index < -0.39 is 15.9 Å². The van der Waals surface area contributed by atoms with Crippen molar-refractivity contribution in [2.45, 2.75) is 11.8 Å². The largest absolute Gasteiger partial charge is 0.321 e. The number of carbonyl (C=O) groups is 1. The lowest BCUT2D eigenvalue weighted by Crippen LogP contribution is -2.14. The van der Waals surface area contributed by atoms with Crippen LogP contribution in [0, 0.1) is 18.3 Å². The Morgan fingerprint density at radius 1 is 1.26 bits per heavy atom. The van der Waals surface area contributed by atoms with Gasteiger partial charge in [0, 0.05) is 15.4 Å². The maximum absolute atomic E-state index is 12.1. The summed E-state index contributed by atoms with van der Waals surface area (Å²) in [7, 11) is -3.78. The number of hydrogen-bond donors (Lipinski definition) is 2. The number of nitrogens with one attached hydrogen (secondary N) is 1. The predicted molar refractivity (Wildman–Crippen MR) is 89.1 cm³/mol. The van der Waals surface area contributed by atoms with Gasteiger partial charge in [0.25, 0.3) is 5.91 Å². The number of nitrogens with two attached hydrogens (primary N) is 1. The third-order valence-electron chi connectivity index (χ3n) is 2.85. The molecule has 0 bridgehead atoms. The fraction of sp³-hybridized carbons (Fsp3) is 0.0667. The zero-order valence-corrected chi connectivity index (χ0v) is 13.7. The average Bonchev–Trinajstić information content (AvgIpc) is 2.89. The smallest absolute Gasteiger partial charge is 0.266 e. The van der Waals surface area contributed by atoms with E-state index in [-0.39, 0.29) is 10.5 Å². The van der Waals surface area contributed by atoms with Crippen molar-refractivity contribution in [1.82, 2.24) is 0 Å². The molecule has 1 amide bonds. The summed E-state index contributed by atoms with van der Waals surface area (Å²) in [5.74, 6) is -0.568. The number of primary sulfonamides is 1. The molecule has 2 rings (SSSR count). The number of carbonyl (C=O) groups excluding carboxylic acids is 1. The van der Waals surface area contributed by atoms with E-state index in [0.29, 0.717) is 5.69 Å². The zero-order chi connectivity index (χ0) is 17.0. The van der Waals surface area contributed by atoms with Crippen LogP contribution in [0.25, 0.3) is 6.08 Å². The van der Waals surface area contributed by atoms with Gasteiger partial charge in [-0.3, -0.25) is 4.79 Å². The second-order valence-electron chi connectivity index (χ2n) is 4.64. The molecule has 0 atom stereocenters. The summed E-state index contributed by atoms with van der Waals surface area (Å²) >= 11 is 1.47. The minimum Gasteiger partial charge on any atom is -0.321 e. The lowest BCUT2D eigenvalue weighted by Gasteiger charge is -2.05. The SMILES string of the molecule is Cc1ccc(/C=C(\C#N)C(=O)Nc2ccc(S(N)(=O)=O)cc2)s1. The van der Waals surface area contributed by atoms with Crippen LogP contribution in [0.5, 0.6) is 0 Å². The van der Waals surface area contributed by atoms with Crippen molar-refractivity contribution < 1.29 is 13.2 Å². The molecular formula is C15H13N3O3S2. The number of anilines is 1. The molecule has 0 spiro atoms. The number of benzene rings is 1. The Kier molecular flexibility index (Phi) is 4.95. The minimum absolute atomic E-state index is 0.0395. The fourth-order valence-electron chi connectivity index (χ4n) is 1.75. The number of aryl methyl sites for hydroxylation is 1. The van der Waals surface area contributed by atoms with Crippen molar-refractivity contribution in [1.29, 1.82) is 5.26 Å². The highest BCUT2D eigenvalue weighted by molar-refractivity contribution is 7.89. The first kappa shape index (κ1) is 16.9. The van der Waals surface area contributed by atoms with Crippen molar-refractivity contribution in [2.24, 2.45) is 5.14 Å². The zero-order valence-electron chi connectivity index (χ0n) is 12.1. The molecule has 6 nitrogen and oxygen atoms in total. The van der Waals surface area contributed by atoms with Gasteiger partial charge in [-0.25, -0.2) is 13.6 Å². The number of hydrogen-bond acceptors (Lipinski definition) is 5. The van der Waals surface area contributed by atoms with E-state index in [2.05, 4.69) is 5.32 Å². The van der Waals surface area contributed by atoms with E-state index in [1.54, 1.807) is 0 Å². The molecule has 0 radical (unpaired) electrons. The van der Waals surface area contributed by atoms with Gasteiger partial charge in [0.2, 0.25) is 10.0 Å². The number of sulfonamides is 1. The number of rotatable bonds is 4. The summed E-state index contributed by atoms with van der Waals surface area (Å²) in [6, 6.07) is 10.9. The van der Waals surface area contributed by atoms with Gasteiger partial charge in [0.05, 0.1) is 4.90 Å². The highest BCUT2D eigenvalue weighted by Gasteiger charge is 2.11. The van der Waals surface area contributed by atoms with Crippen LogP contribution in [0.1, 0.15) is 9.75 Å². The van der Waals surface area contributed by atoms with E-state index in [1.165, 1.54) is 41.7 Å². The molecular weight excluding hydrogens is 334 g/mol. The van der Waals surface area contributed by atoms with Gasteiger partial charge in [-0.15, -0.1) is 11.3 Å². The Balaban J connectivity index is 2.17. The molecule has 0 aliphatic rings. The summed E-state index contributed by atoms with van der Waals surface area (Å²) in [5, 5.41) is 16.7. The maximum atomic E-state index is 12.1. The molecule has 3 N–H and O–H groups in total. The van der Waals surface area contributed by atoms with Crippen molar-refractivity contribution >= 4 is 39.0 Å². The van der Waals surface area contributed by atoms with Crippen LogP contribution in [-0.4, -0.2) is 14.3 Å². The number of thiophene rings is 1. The standard InChI is InChI=1S/C15H13N3O3S2/c1-10-2-5-13(22-10)8-11(9-16)15(19)18-12-3-6-14(7-4-12)23(17,20)21/h2-8H,1H3,(H,18,19)(H2,17,20,21)/b11-8+. The van der Waals surface area contributed by atoms with Gasteiger partial charge in [-0.05, 0) is 49.4 Å². The first-order valence-corrected chi connectivity index (χ1v) is 8.78. The molecule has 8 heteroatoms. The van der Waals surface area contributed by atoms with Gasteiger partial charge in [-0.1, -0.05) is 0 Å². The lowest BCUT2D eigenvalue weighted by molar-refractivity contribution is -0.112. The predicted octanol–water partition coefficient (Wildman–Crippen LogP) is 2.25. The number of amides is 1. The molecule has 0 aliphatic carbocycles. The lowest BCUT2D eigenvalue weighted by atomic mass is 10.2. The van der Waals surface area contributed by atoms with Crippen molar-refractivity contribution in [3.8, 4) is 6.07 Å². The quantitative estimate of drug-likeness (QED) is 0.652. The Morgan fingerprint density at radius 3 is 2.39 bits per heavy atom. The molecule has 0 unspecified atom stereocenters. The van der Waals surface area contributed by atoms with Gasteiger partial charge in [0.1, 0.15) is 11.6 Å². The molecule has 0 saturated heterocycles. The Bertz CT molecular complexity index is 904. The average molecular weight is 347 g/mol. The molecule has 2 aromatic rings. The molecule has 1 aromatic carbocycles. The van der Waals surface area contributed by atoms with Crippen LogP contribution in [0.4, 0.5) is 5.69 Å². The van der Waals surface area contributed by atoms with E-state index in [0.717, 1.165) is 9.75 Å². The Morgan fingerprint density at radius 2 is 1.91 bits per heavy atom. The molecule has 1 aromatic heterocycles. The van der Waals surface area contributed by atoms with Crippen LogP contribution < -0.4 is 10.5 Å². The molecule has 0 fully saturated rings. The first-order chi connectivity index (χ1) is 10.8. The van der Waals surface area contributed by atoms with Crippen LogP contribution in [0.15, 0.2) is 46.9 Å². The van der Waals surface area contributed by atoms with Crippen LogP contribution in [0.2, 0.25) is 0 Å². The topological polar surface area (TPSA) is 113 Å². The monoisotopic (exact) mass is 347 g/mol. The van der Waals surface area contributed by atoms with Crippen LogP contribution in [0.3, 0.4) is 0 Å². The first-order valence-electron chi connectivity index (χ1n) is 6.42. The second kappa shape index (κ2) is 6.75. The van der Waals surface area contributed by atoms with Gasteiger partial charge >= 0.3 is 0 Å². The van der Waals surface area contributed by atoms with E-state index >= 15 is 0 Å². The van der Waals surface area contributed by atoms with Crippen molar-refractivity contribution in [3.63, 3.8) is 0 Å². The van der Waals surface area contributed by atoms with E-state index in [1.807, 2.05) is 25.1 Å². The number of nitrogens with zero attached hydrogens (tertiary/aromatic N) is 1. The van der Waals surface area contributed by atoms with E-state index in [4.69, 9.17) is 10.4 Å². The van der Waals surface area contributed by atoms with Gasteiger partial charge < -0.3 is 5.32 Å². The maximum Gasteiger partial charge on any atom is 0.266 e. The Hall–Kier alpha value is -2.47. The molecule has 0 aliphatic heterocycles. The van der Waals surface area contributed by atoms with Gasteiger partial charge in [0.15, 0.2) is 0 Å². The normalized spacial score (nSPS) is 11.8. The second-order valence-corrected chi connectivity index (χ2v) is 7.52. The third-order valence-corrected chi connectivity index (χ3v) is 4.73. The minimum atomic E-state index is -3.78.